The molecule has 2 aliphatic carbocycles. The molecule has 0 radical (unpaired) electrons. The first-order valence-corrected chi connectivity index (χ1v) is 18.8. The Labute approximate surface area is 304 Å². The molecule has 3 heteroatoms. The van der Waals surface area contributed by atoms with E-state index in [4.69, 9.17) is 4.42 Å². The predicted molar refractivity (Wildman–Crippen MR) is 221 cm³/mol. The maximum Gasteiger partial charge on any atom is 0.136 e. The number of para-hydroxylation sites is 1. The van der Waals surface area contributed by atoms with Crippen molar-refractivity contribution in [2.45, 2.75) is 19.3 Å². The molecule has 0 bridgehead atoms. The zero-order valence-corrected chi connectivity index (χ0v) is 29.5. The average Bonchev–Trinajstić information content (AvgIpc) is 3.80. The Kier molecular flexibility index (Phi) is 5.49. The molecule has 0 fully saturated rings. The van der Waals surface area contributed by atoms with Crippen LogP contribution in [0, 0.1) is 0 Å². The molecule has 0 spiro atoms. The summed E-state index contributed by atoms with van der Waals surface area (Å²) in [7, 11) is 0. The lowest BCUT2D eigenvalue weighted by Gasteiger charge is -2.28. The second-order valence-electron chi connectivity index (χ2n) is 14.8. The van der Waals surface area contributed by atoms with Crippen LogP contribution in [0.4, 0.5) is 17.1 Å². The number of furan rings is 1. The summed E-state index contributed by atoms with van der Waals surface area (Å²) in [6.45, 7) is 4.70. The maximum atomic E-state index is 6.52. The number of fused-ring (bicyclic) bond motifs is 4. The molecule has 0 saturated carbocycles. The van der Waals surface area contributed by atoms with E-state index in [-0.39, 0.29) is 5.41 Å². The highest BCUT2D eigenvalue weighted by molar-refractivity contribution is 7.26. The number of thiophene rings is 1. The third kappa shape index (κ3) is 3.63. The first-order valence-electron chi connectivity index (χ1n) is 18.0. The van der Waals surface area contributed by atoms with Gasteiger partial charge >= 0.3 is 0 Å². The highest BCUT2D eigenvalue weighted by Crippen LogP contribution is 2.55. The minimum atomic E-state index is -0.0760. The molecule has 0 saturated heterocycles. The molecule has 2 heterocycles. The molecular formula is C49H31NOS. The van der Waals surface area contributed by atoms with Gasteiger partial charge < -0.3 is 9.32 Å². The van der Waals surface area contributed by atoms with E-state index in [0.717, 1.165) is 28.2 Å². The number of anilines is 3. The van der Waals surface area contributed by atoms with Crippen LogP contribution in [0.1, 0.15) is 25.0 Å². The average molecular weight is 682 g/mol. The van der Waals surface area contributed by atoms with Gasteiger partial charge in [0.2, 0.25) is 0 Å². The van der Waals surface area contributed by atoms with Crippen LogP contribution in [0.15, 0.2) is 156 Å². The van der Waals surface area contributed by atoms with Gasteiger partial charge in [-0.2, -0.15) is 0 Å². The molecule has 2 aromatic heterocycles. The summed E-state index contributed by atoms with van der Waals surface area (Å²) in [5.41, 5.74) is 15.7. The smallest absolute Gasteiger partial charge is 0.136 e. The van der Waals surface area contributed by atoms with E-state index in [0.29, 0.717) is 0 Å². The van der Waals surface area contributed by atoms with Gasteiger partial charge in [-0.05, 0) is 111 Å². The Hall–Kier alpha value is -6.16. The van der Waals surface area contributed by atoms with Gasteiger partial charge in [-0.1, -0.05) is 105 Å². The van der Waals surface area contributed by atoms with Crippen molar-refractivity contribution < 1.29 is 4.42 Å². The van der Waals surface area contributed by atoms with Crippen LogP contribution in [-0.4, -0.2) is 0 Å². The summed E-state index contributed by atoms with van der Waals surface area (Å²) < 4.78 is 9.17. The molecule has 8 aromatic carbocycles. The van der Waals surface area contributed by atoms with Crippen molar-refractivity contribution in [1.29, 1.82) is 0 Å². The Balaban J connectivity index is 1.06. The molecule has 0 amide bonds. The third-order valence-electron chi connectivity index (χ3n) is 11.8. The fourth-order valence-electron chi connectivity index (χ4n) is 9.45. The largest absolute Gasteiger partial charge is 0.456 e. The van der Waals surface area contributed by atoms with Crippen molar-refractivity contribution in [3.63, 3.8) is 0 Å². The summed E-state index contributed by atoms with van der Waals surface area (Å²) in [5, 5.41) is 7.75. The summed E-state index contributed by atoms with van der Waals surface area (Å²) in [5.74, 6) is 0. The Morgan fingerprint density at radius 2 is 1.13 bits per heavy atom. The maximum absolute atomic E-state index is 6.52. The van der Waals surface area contributed by atoms with Crippen LogP contribution in [0.2, 0.25) is 0 Å². The molecule has 52 heavy (non-hydrogen) atoms. The number of hydrogen-bond donors (Lipinski definition) is 0. The van der Waals surface area contributed by atoms with Gasteiger partial charge in [0.1, 0.15) is 11.2 Å². The van der Waals surface area contributed by atoms with Crippen LogP contribution in [0.25, 0.3) is 86.3 Å². The van der Waals surface area contributed by atoms with Gasteiger partial charge in [-0.3, -0.25) is 0 Å². The minimum absolute atomic E-state index is 0.0760. The zero-order valence-electron chi connectivity index (χ0n) is 28.7. The summed E-state index contributed by atoms with van der Waals surface area (Å²) in [6, 6.07) is 56.0. The van der Waals surface area contributed by atoms with E-state index < -0.39 is 0 Å². The van der Waals surface area contributed by atoms with Crippen LogP contribution >= 0.6 is 11.3 Å². The van der Waals surface area contributed by atoms with Crippen LogP contribution < -0.4 is 4.90 Å². The molecule has 0 aliphatic heterocycles. The van der Waals surface area contributed by atoms with E-state index in [9.17, 15) is 0 Å². The van der Waals surface area contributed by atoms with Crippen molar-refractivity contribution in [2.75, 3.05) is 4.90 Å². The molecule has 0 unspecified atom stereocenters. The van der Waals surface area contributed by atoms with Gasteiger partial charge in [0.05, 0.1) is 0 Å². The van der Waals surface area contributed by atoms with E-state index >= 15 is 0 Å². The highest BCUT2D eigenvalue weighted by Gasteiger charge is 2.36. The van der Waals surface area contributed by atoms with E-state index in [1.807, 2.05) is 11.3 Å². The Bertz CT molecular complexity index is 3140. The van der Waals surface area contributed by atoms with Crippen molar-refractivity contribution in [2.24, 2.45) is 0 Å². The number of hydrogen-bond acceptors (Lipinski definition) is 3. The van der Waals surface area contributed by atoms with Gasteiger partial charge in [0.25, 0.3) is 0 Å². The fraction of sp³-hybridized carbons (Fsp3) is 0.0612. The first-order chi connectivity index (χ1) is 25.5. The SMILES string of the molecule is CC1(C)c2ccccc2-c2ccc(N(c3ccccc3)c3ccc(-c4ccc5sc6ccc7ccc8oc9cccc%10c9c8c7c6c5c4-%10)cc3)cc21. The molecule has 244 valence electrons. The molecule has 12 rings (SSSR count). The van der Waals surface area contributed by atoms with E-state index in [2.05, 4.69) is 170 Å². The molecule has 2 nitrogen and oxygen atoms in total. The standard InChI is InChI=1S/C49H31NOS/c1-49(2)37-13-7-6-11-34(37)35-22-21-32(27-38(35)49)50(30-9-4-3-5-10-30)31-19-15-28(16-20-31)33-23-26-42-48-44(33)36-12-8-14-39-45(36)46-40(51-39)24-17-29-18-25-41(52-42)47(48)43(29)46/h3-27H,1-2H3. The lowest BCUT2D eigenvalue weighted by molar-refractivity contribution is 0.660. The zero-order chi connectivity index (χ0) is 34.3. The number of benzene rings is 8. The number of rotatable bonds is 4. The summed E-state index contributed by atoms with van der Waals surface area (Å²) in [6.07, 6.45) is 0. The second kappa shape index (κ2) is 10.00. The van der Waals surface area contributed by atoms with Crippen molar-refractivity contribution in [3.8, 4) is 33.4 Å². The quantitative estimate of drug-likeness (QED) is 0.184. The first kappa shape index (κ1) is 28.5. The van der Waals surface area contributed by atoms with Gasteiger partial charge in [-0.25, -0.2) is 0 Å². The van der Waals surface area contributed by atoms with Crippen LogP contribution in [0.5, 0.6) is 0 Å². The van der Waals surface area contributed by atoms with E-state index in [1.165, 1.54) is 86.2 Å². The van der Waals surface area contributed by atoms with Gasteiger partial charge in [0, 0.05) is 58.8 Å². The van der Waals surface area contributed by atoms with E-state index in [1.54, 1.807) is 0 Å². The topological polar surface area (TPSA) is 16.4 Å². The Morgan fingerprint density at radius 1 is 0.462 bits per heavy atom. The van der Waals surface area contributed by atoms with Gasteiger partial charge in [0.15, 0.2) is 0 Å². The fourth-order valence-corrected chi connectivity index (χ4v) is 10.6. The summed E-state index contributed by atoms with van der Waals surface area (Å²) >= 11 is 1.89. The van der Waals surface area contributed by atoms with Crippen LogP contribution in [-0.2, 0) is 5.41 Å². The molecule has 2 aliphatic rings. The summed E-state index contributed by atoms with van der Waals surface area (Å²) in [4.78, 5) is 2.39. The predicted octanol–water partition coefficient (Wildman–Crippen LogP) is 14.5. The molecule has 10 aromatic rings. The van der Waals surface area contributed by atoms with Crippen molar-refractivity contribution in [3.05, 3.63) is 163 Å². The lowest BCUT2D eigenvalue weighted by atomic mass is 9.82. The van der Waals surface area contributed by atoms with Gasteiger partial charge in [-0.15, -0.1) is 11.3 Å². The van der Waals surface area contributed by atoms with Crippen molar-refractivity contribution >= 4 is 81.3 Å². The molecular weight excluding hydrogens is 651 g/mol. The van der Waals surface area contributed by atoms with Crippen LogP contribution in [0.3, 0.4) is 0 Å². The normalized spacial score (nSPS) is 13.7. The minimum Gasteiger partial charge on any atom is -0.456 e. The molecule has 0 atom stereocenters. The third-order valence-corrected chi connectivity index (χ3v) is 12.9. The Morgan fingerprint density at radius 3 is 2.02 bits per heavy atom. The highest BCUT2D eigenvalue weighted by atomic mass is 32.1. The second-order valence-corrected chi connectivity index (χ2v) is 15.9. The lowest BCUT2D eigenvalue weighted by Crippen LogP contribution is -2.16. The molecule has 0 N–H and O–H groups in total. The monoisotopic (exact) mass is 681 g/mol. The number of nitrogens with zero attached hydrogens (tertiary/aromatic N) is 1. The van der Waals surface area contributed by atoms with Crippen molar-refractivity contribution in [1.82, 2.24) is 0 Å².